The van der Waals surface area contributed by atoms with Crippen LogP contribution in [-0.2, 0) is 6.42 Å². The average Bonchev–Trinajstić information content (AvgIpc) is 2.18. The summed E-state index contributed by atoms with van der Waals surface area (Å²) >= 11 is 0. The fourth-order valence-electron chi connectivity index (χ4n) is 2.61. The number of hydrogen-bond acceptors (Lipinski definition) is 0. The van der Waals surface area contributed by atoms with Gasteiger partial charge < -0.3 is 0 Å². The molecule has 0 aromatic heterocycles. The third-order valence-electron chi connectivity index (χ3n) is 3.44. The summed E-state index contributed by atoms with van der Waals surface area (Å²) in [6.07, 6.45) is 1.19. The molecule has 0 heterocycles. The Hall–Kier alpha value is -0.780. The first-order chi connectivity index (χ1) is 7.82. The summed E-state index contributed by atoms with van der Waals surface area (Å²) in [5, 5.41) is 0. The van der Waals surface area contributed by atoms with Gasteiger partial charge in [0.05, 0.1) is 0 Å². The second-order valence-electron chi connectivity index (χ2n) is 6.31. The van der Waals surface area contributed by atoms with Gasteiger partial charge in [0.2, 0.25) is 0 Å². The van der Waals surface area contributed by atoms with Crippen molar-refractivity contribution in [3.05, 3.63) is 34.4 Å². The van der Waals surface area contributed by atoms with Crippen LogP contribution < -0.4 is 0 Å². The van der Waals surface area contributed by atoms with Crippen LogP contribution in [0.4, 0.5) is 0 Å². The molecule has 0 spiro atoms. The Morgan fingerprint density at radius 1 is 0.824 bits per heavy atom. The summed E-state index contributed by atoms with van der Waals surface area (Å²) in [5.74, 6) is 1.98. The van der Waals surface area contributed by atoms with Crippen molar-refractivity contribution in [3.63, 3.8) is 0 Å². The maximum Gasteiger partial charge on any atom is -0.0216 e. The van der Waals surface area contributed by atoms with Gasteiger partial charge in [-0.05, 0) is 53.4 Å². The smallest absolute Gasteiger partial charge is 0.0216 e. The molecule has 1 aromatic carbocycles. The van der Waals surface area contributed by atoms with Crippen LogP contribution >= 0.6 is 0 Å². The largest absolute Gasteiger partial charge is 0.0625 e. The third kappa shape index (κ3) is 3.59. The molecular formula is C17H28. The summed E-state index contributed by atoms with van der Waals surface area (Å²) in [4.78, 5) is 0. The molecule has 0 aliphatic rings. The Balaban J connectivity index is 3.26. The normalized spacial score (nSPS) is 11.9. The third-order valence-corrected chi connectivity index (χ3v) is 3.44. The quantitative estimate of drug-likeness (QED) is 0.648. The molecule has 0 amide bonds. The van der Waals surface area contributed by atoms with Crippen molar-refractivity contribution in [2.75, 3.05) is 0 Å². The molecule has 1 rings (SSSR count). The maximum absolute atomic E-state index is 2.42. The molecule has 0 bridgehead atoms. The first-order valence-electron chi connectivity index (χ1n) is 6.96. The van der Waals surface area contributed by atoms with E-state index in [1.54, 1.807) is 0 Å². The van der Waals surface area contributed by atoms with E-state index < -0.39 is 0 Å². The minimum atomic E-state index is 0.625. The van der Waals surface area contributed by atoms with Crippen molar-refractivity contribution in [2.45, 2.75) is 66.7 Å². The lowest BCUT2D eigenvalue weighted by molar-refractivity contribution is 0.644. The van der Waals surface area contributed by atoms with Crippen molar-refractivity contribution in [1.82, 2.24) is 0 Å². The van der Waals surface area contributed by atoms with Gasteiger partial charge in [0, 0.05) is 0 Å². The van der Waals surface area contributed by atoms with Gasteiger partial charge >= 0.3 is 0 Å². The van der Waals surface area contributed by atoms with Gasteiger partial charge in [0.15, 0.2) is 0 Å². The molecule has 0 nitrogen and oxygen atoms in total. The number of rotatable bonds is 4. The van der Waals surface area contributed by atoms with Crippen LogP contribution in [0, 0.1) is 12.8 Å². The van der Waals surface area contributed by atoms with E-state index >= 15 is 0 Å². The summed E-state index contributed by atoms with van der Waals surface area (Å²) in [6.45, 7) is 16.1. The van der Waals surface area contributed by atoms with E-state index in [0.717, 1.165) is 5.92 Å². The van der Waals surface area contributed by atoms with Crippen molar-refractivity contribution < 1.29 is 0 Å². The highest BCUT2D eigenvalue weighted by atomic mass is 14.2. The SMILES string of the molecule is Cc1c(C(C)C)cc(CC(C)C)cc1C(C)C. The van der Waals surface area contributed by atoms with Crippen LogP contribution in [0.1, 0.15) is 75.6 Å². The molecule has 0 aliphatic carbocycles. The van der Waals surface area contributed by atoms with Gasteiger partial charge in [0.1, 0.15) is 0 Å². The summed E-state index contributed by atoms with van der Waals surface area (Å²) in [7, 11) is 0. The highest BCUT2D eigenvalue weighted by molar-refractivity contribution is 5.41. The molecular weight excluding hydrogens is 204 g/mol. The van der Waals surface area contributed by atoms with E-state index in [1.165, 1.54) is 28.7 Å². The minimum absolute atomic E-state index is 0.625. The average molecular weight is 232 g/mol. The number of hydrogen-bond donors (Lipinski definition) is 0. The van der Waals surface area contributed by atoms with Gasteiger partial charge in [-0.3, -0.25) is 0 Å². The van der Waals surface area contributed by atoms with E-state index in [9.17, 15) is 0 Å². The number of benzene rings is 1. The summed E-state index contributed by atoms with van der Waals surface area (Å²) < 4.78 is 0. The van der Waals surface area contributed by atoms with Gasteiger partial charge in [-0.15, -0.1) is 0 Å². The van der Waals surface area contributed by atoms with Crippen molar-refractivity contribution in [3.8, 4) is 0 Å². The highest BCUT2D eigenvalue weighted by Gasteiger charge is 2.12. The van der Waals surface area contributed by atoms with Crippen molar-refractivity contribution in [2.24, 2.45) is 5.92 Å². The molecule has 0 N–H and O–H groups in total. The molecule has 17 heavy (non-hydrogen) atoms. The fourth-order valence-corrected chi connectivity index (χ4v) is 2.61. The Kier molecular flexibility index (Phi) is 4.80. The zero-order chi connectivity index (χ0) is 13.2. The molecule has 0 saturated heterocycles. The minimum Gasteiger partial charge on any atom is -0.0625 e. The van der Waals surface area contributed by atoms with Gasteiger partial charge in [-0.2, -0.15) is 0 Å². The fraction of sp³-hybridized carbons (Fsp3) is 0.647. The predicted molar refractivity (Wildman–Crippen MR) is 77.9 cm³/mol. The zero-order valence-electron chi connectivity index (χ0n) is 12.6. The van der Waals surface area contributed by atoms with Gasteiger partial charge in [-0.1, -0.05) is 53.7 Å². The standard InChI is InChI=1S/C17H28/c1-11(2)8-15-9-16(12(3)4)14(7)17(10-15)13(5)6/h9-13H,8H2,1-7H3. The molecule has 0 radical (unpaired) electrons. The van der Waals surface area contributed by atoms with Crippen LogP contribution in [-0.4, -0.2) is 0 Å². The topological polar surface area (TPSA) is 0 Å². The maximum atomic E-state index is 2.42. The van der Waals surface area contributed by atoms with Crippen molar-refractivity contribution in [1.29, 1.82) is 0 Å². The molecule has 0 fully saturated rings. The monoisotopic (exact) mass is 232 g/mol. The molecule has 0 aliphatic heterocycles. The molecule has 0 saturated carbocycles. The van der Waals surface area contributed by atoms with Gasteiger partial charge in [-0.25, -0.2) is 0 Å². The molecule has 96 valence electrons. The van der Waals surface area contributed by atoms with Crippen LogP contribution in [0.25, 0.3) is 0 Å². The lowest BCUT2D eigenvalue weighted by atomic mass is 9.86. The lowest BCUT2D eigenvalue weighted by Crippen LogP contribution is -2.04. The first kappa shape index (κ1) is 14.3. The Morgan fingerprint density at radius 3 is 1.53 bits per heavy atom. The summed E-state index contributed by atoms with van der Waals surface area (Å²) in [5.41, 5.74) is 6.08. The predicted octanol–water partition coefficient (Wildman–Crippen LogP) is 5.44. The van der Waals surface area contributed by atoms with E-state index in [0.29, 0.717) is 11.8 Å². The zero-order valence-corrected chi connectivity index (χ0v) is 12.6. The van der Waals surface area contributed by atoms with Crippen LogP contribution in [0.3, 0.4) is 0 Å². The molecule has 0 heteroatoms. The van der Waals surface area contributed by atoms with E-state index in [2.05, 4.69) is 60.6 Å². The Morgan fingerprint density at radius 2 is 1.24 bits per heavy atom. The highest BCUT2D eigenvalue weighted by Crippen LogP contribution is 2.29. The lowest BCUT2D eigenvalue weighted by Gasteiger charge is -2.20. The molecule has 1 aromatic rings. The van der Waals surface area contributed by atoms with E-state index in [1.807, 2.05) is 0 Å². The second-order valence-corrected chi connectivity index (χ2v) is 6.31. The molecule has 0 atom stereocenters. The van der Waals surface area contributed by atoms with Gasteiger partial charge in [0.25, 0.3) is 0 Å². The Labute approximate surface area is 107 Å². The van der Waals surface area contributed by atoms with Crippen LogP contribution in [0.2, 0.25) is 0 Å². The van der Waals surface area contributed by atoms with Crippen LogP contribution in [0.15, 0.2) is 12.1 Å². The molecule has 0 unspecified atom stereocenters. The van der Waals surface area contributed by atoms with E-state index in [-0.39, 0.29) is 0 Å². The van der Waals surface area contributed by atoms with Crippen molar-refractivity contribution >= 4 is 0 Å². The van der Waals surface area contributed by atoms with Crippen LogP contribution in [0.5, 0.6) is 0 Å². The first-order valence-corrected chi connectivity index (χ1v) is 6.96. The summed E-state index contributed by atoms with van der Waals surface area (Å²) in [6, 6.07) is 4.84. The Bertz CT molecular complexity index is 341. The van der Waals surface area contributed by atoms with E-state index in [4.69, 9.17) is 0 Å². The second kappa shape index (κ2) is 5.71.